The van der Waals surface area contributed by atoms with E-state index >= 15 is 0 Å². The van der Waals surface area contributed by atoms with E-state index in [1.807, 2.05) is 0 Å². The van der Waals surface area contributed by atoms with Gasteiger partial charge in [-0.15, -0.1) is 0 Å². The van der Waals surface area contributed by atoms with Crippen molar-refractivity contribution in [1.29, 1.82) is 0 Å². The number of Topliss-reactive ketones (excluding diaryl/α,β-unsaturated/α-hetero) is 1. The van der Waals surface area contributed by atoms with E-state index in [2.05, 4.69) is 20.8 Å². The number of carbonyl (C=O) groups is 1. The molecule has 1 N–H and O–H groups in total. The lowest BCUT2D eigenvalue weighted by molar-refractivity contribution is -0.0731. The molecule has 1 saturated carbocycles. The topological polar surface area (TPSA) is 55.8 Å². The molecular weight excluding hydrogens is 280 g/mol. The molecule has 4 nitrogen and oxygen atoms in total. The Balaban J connectivity index is 2.03. The SMILES string of the molecule is CC(=O)c1c(O)cc2c3c1OC(C)(C)[C@H]1CC[C@@](C)(C[C@@H]31)O2. The number of hydrogen-bond acceptors (Lipinski definition) is 4. The Labute approximate surface area is 130 Å². The van der Waals surface area contributed by atoms with Crippen LogP contribution < -0.4 is 9.47 Å². The van der Waals surface area contributed by atoms with Gasteiger partial charge in [0.2, 0.25) is 0 Å². The predicted octanol–water partition coefficient (Wildman–Crippen LogP) is 3.80. The quantitative estimate of drug-likeness (QED) is 0.802. The van der Waals surface area contributed by atoms with Crippen LogP contribution in [-0.4, -0.2) is 22.1 Å². The lowest BCUT2D eigenvalue weighted by Crippen LogP contribution is -2.54. The maximum absolute atomic E-state index is 12.0. The van der Waals surface area contributed by atoms with Crippen LogP contribution in [0.3, 0.4) is 0 Å². The zero-order valence-electron chi connectivity index (χ0n) is 13.5. The summed E-state index contributed by atoms with van der Waals surface area (Å²) in [4.78, 5) is 12.0. The van der Waals surface area contributed by atoms with Gasteiger partial charge < -0.3 is 14.6 Å². The first-order valence-electron chi connectivity index (χ1n) is 8.01. The van der Waals surface area contributed by atoms with Crippen LogP contribution in [0.5, 0.6) is 17.2 Å². The minimum atomic E-state index is -0.342. The smallest absolute Gasteiger partial charge is 0.167 e. The van der Waals surface area contributed by atoms with Crippen molar-refractivity contribution < 1.29 is 19.4 Å². The van der Waals surface area contributed by atoms with Crippen molar-refractivity contribution in [3.05, 3.63) is 17.2 Å². The van der Waals surface area contributed by atoms with Crippen molar-refractivity contribution in [2.24, 2.45) is 5.92 Å². The Morgan fingerprint density at radius 2 is 2.05 bits per heavy atom. The first kappa shape index (κ1) is 13.9. The van der Waals surface area contributed by atoms with Crippen molar-refractivity contribution >= 4 is 5.78 Å². The second-order valence-corrected chi connectivity index (χ2v) is 7.78. The molecule has 4 heteroatoms. The molecule has 1 fully saturated rings. The van der Waals surface area contributed by atoms with Crippen molar-refractivity contribution in [1.82, 2.24) is 0 Å². The third-order valence-corrected chi connectivity index (χ3v) is 5.72. The summed E-state index contributed by atoms with van der Waals surface area (Å²) in [6.07, 6.45) is 3.00. The van der Waals surface area contributed by atoms with E-state index in [0.29, 0.717) is 28.9 Å². The fourth-order valence-electron chi connectivity index (χ4n) is 4.72. The lowest BCUT2D eigenvalue weighted by Gasteiger charge is -2.55. The number of phenols is 1. The minimum absolute atomic E-state index is 0.0425. The highest BCUT2D eigenvalue weighted by Crippen LogP contribution is 2.61. The Hall–Kier alpha value is -1.71. The van der Waals surface area contributed by atoms with E-state index in [1.165, 1.54) is 6.92 Å². The van der Waals surface area contributed by atoms with Gasteiger partial charge in [-0.25, -0.2) is 0 Å². The van der Waals surface area contributed by atoms with E-state index in [-0.39, 0.29) is 22.7 Å². The van der Waals surface area contributed by atoms with Gasteiger partial charge in [-0.1, -0.05) is 0 Å². The number of ketones is 1. The van der Waals surface area contributed by atoms with E-state index in [0.717, 1.165) is 24.8 Å². The molecule has 0 unspecified atom stereocenters. The molecular formula is C18H22O4. The van der Waals surface area contributed by atoms with Crippen molar-refractivity contribution in [3.63, 3.8) is 0 Å². The summed E-state index contributed by atoms with van der Waals surface area (Å²) >= 11 is 0. The first-order valence-corrected chi connectivity index (χ1v) is 8.01. The highest BCUT2D eigenvalue weighted by molar-refractivity contribution is 6.00. The molecule has 3 aliphatic rings. The summed E-state index contributed by atoms with van der Waals surface area (Å²) in [6, 6.07) is 1.60. The molecule has 0 radical (unpaired) electrons. The third kappa shape index (κ3) is 1.67. The number of ether oxygens (including phenoxy) is 2. The molecule has 3 atom stereocenters. The van der Waals surface area contributed by atoms with E-state index in [9.17, 15) is 9.90 Å². The standard InChI is InChI=1S/C18H22O4/c1-9(19)14-12(20)7-13-15-10-8-18(4,21-13)6-5-11(10)17(2,3)22-16(14)15/h7,10-11,20H,5-6,8H2,1-4H3/t10-,11+,18+/m1/s1. The fourth-order valence-corrected chi connectivity index (χ4v) is 4.72. The molecule has 2 bridgehead atoms. The maximum atomic E-state index is 12.0. The molecule has 1 aromatic rings. The van der Waals surface area contributed by atoms with Crippen LogP contribution in [0.4, 0.5) is 0 Å². The van der Waals surface area contributed by atoms with Crippen LogP contribution in [0.25, 0.3) is 0 Å². The van der Waals surface area contributed by atoms with Gasteiger partial charge in [0, 0.05) is 23.5 Å². The predicted molar refractivity (Wildman–Crippen MR) is 81.9 cm³/mol. The molecule has 2 heterocycles. The molecule has 0 amide bonds. The van der Waals surface area contributed by atoms with Crippen molar-refractivity contribution in [2.45, 2.75) is 64.1 Å². The average molecular weight is 302 g/mol. The van der Waals surface area contributed by atoms with Gasteiger partial charge in [0.1, 0.15) is 34.0 Å². The summed E-state index contributed by atoms with van der Waals surface area (Å²) in [5.41, 5.74) is 0.766. The Bertz CT molecular complexity index is 691. The number of fused-ring (bicyclic) bond motifs is 1. The molecule has 1 aliphatic carbocycles. The number of aromatic hydroxyl groups is 1. The summed E-state index contributed by atoms with van der Waals surface area (Å²) in [7, 11) is 0. The van der Waals surface area contributed by atoms with Crippen LogP contribution in [-0.2, 0) is 0 Å². The summed E-state index contributed by atoms with van der Waals surface area (Å²) in [5, 5.41) is 10.3. The van der Waals surface area contributed by atoms with Crippen molar-refractivity contribution in [3.8, 4) is 17.2 Å². The first-order chi connectivity index (χ1) is 10.2. The number of carbonyl (C=O) groups excluding carboxylic acids is 1. The Morgan fingerprint density at radius 1 is 1.32 bits per heavy atom. The van der Waals surface area contributed by atoms with Crippen LogP contribution in [0.2, 0.25) is 0 Å². The number of benzene rings is 1. The highest BCUT2D eigenvalue weighted by Gasteiger charge is 2.55. The summed E-state index contributed by atoms with van der Waals surface area (Å²) in [5.74, 6) is 1.77. The Morgan fingerprint density at radius 3 is 2.73 bits per heavy atom. The van der Waals surface area contributed by atoms with Gasteiger partial charge in [0.15, 0.2) is 5.78 Å². The third-order valence-electron chi connectivity index (χ3n) is 5.72. The number of hydrogen-bond donors (Lipinski definition) is 1. The molecule has 1 aromatic carbocycles. The molecule has 4 rings (SSSR count). The molecule has 118 valence electrons. The fraction of sp³-hybridized carbons (Fsp3) is 0.611. The van der Waals surface area contributed by atoms with Crippen LogP contribution in [0.15, 0.2) is 6.07 Å². The number of phenolic OH excluding ortho intramolecular Hbond substituents is 1. The minimum Gasteiger partial charge on any atom is -0.507 e. The van der Waals surface area contributed by atoms with Gasteiger partial charge in [0.25, 0.3) is 0 Å². The number of rotatable bonds is 1. The van der Waals surface area contributed by atoms with Crippen LogP contribution >= 0.6 is 0 Å². The lowest BCUT2D eigenvalue weighted by atomic mass is 9.61. The highest BCUT2D eigenvalue weighted by atomic mass is 16.5. The van der Waals surface area contributed by atoms with Gasteiger partial charge in [-0.3, -0.25) is 4.79 Å². The second kappa shape index (κ2) is 3.98. The molecule has 2 aliphatic heterocycles. The van der Waals surface area contributed by atoms with Gasteiger partial charge >= 0.3 is 0 Å². The largest absolute Gasteiger partial charge is 0.507 e. The Kier molecular flexibility index (Phi) is 2.52. The molecule has 0 aromatic heterocycles. The van der Waals surface area contributed by atoms with Gasteiger partial charge in [-0.05, 0) is 47.0 Å². The van der Waals surface area contributed by atoms with Gasteiger partial charge in [-0.2, -0.15) is 0 Å². The van der Waals surface area contributed by atoms with E-state index in [4.69, 9.17) is 9.47 Å². The summed E-state index contributed by atoms with van der Waals surface area (Å²) in [6.45, 7) is 7.79. The monoisotopic (exact) mass is 302 g/mol. The zero-order chi connectivity index (χ0) is 15.9. The van der Waals surface area contributed by atoms with E-state index < -0.39 is 0 Å². The second-order valence-electron chi connectivity index (χ2n) is 7.78. The average Bonchev–Trinajstić information content (AvgIpc) is 2.34. The molecule has 22 heavy (non-hydrogen) atoms. The van der Waals surface area contributed by atoms with Gasteiger partial charge in [0.05, 0.1) is 0 Å². The van der Waals surface area contributed by atoms with E-state index in [1.54, 1.807) is 6.07 Å². The van der Waals surface area contributed by atoms with Crippen LogP contribution in [0, 0.1) is 5.92 Å². The maximum Gasteiger partial charge on any atom is 0.167 e. The van der Waals surface area contributed by atoms with Crippen LogP contribution in [0.1, 0.15) is 68.8 Å². The molecule has 0 spiro atoms. The molecule has 0 saturated heterocycles. The summed E-state index contributed by atoms with van der Waals surface area (Å²) < 4.78 is 12.4. The van der Waals surface area contributed by atoms with Crippen molar-refractivity contribution in [2.75, 3.05) is 0 Å². The zero-order valence-corrected chi connectivity index (χ0v) is 13.5. The normalized spacial score (nSPS) is 33.6.